The van der Waals surface area contributed by atoms with Crippen molar-refractivity contribution in [2.24, 2.45) is 11.8 Å². The Morgan fingerprint density at radius 3 is 2.29 bits per heavy atom. The number of rotatable bonds is 4. The number of urea groups is 1. The average Bonchev–Trinajstić information content (AvgIpc) is 2.38. The number of hydrogen-bond donors (Lipinski definition) is 1. The molecule has 4 amide bonds. The Bertz CT molecular complexity index is 430. The summed E-state index contributed by atoms with van der Waals surface area (Å²) < 4.78 is 0. The van der Waals surface area contributed by atoms with E-state index in [1.54, 1.807) is 0 Å². The van der Waals surface area contributed by atoms with E-state index in [0.29, 0.717) is 6.54 Å². The number of barbiturate groups is 1. The van der Waals surface area contributed by atoms with Gasteiger partial charge in [-0.05, 0) is 38.8 Å². The van der Waals surface area contributed by atoms with Crippen LogP contribution in [0.4, 0.5) is 4.79 Å². The molecule has 0 aromatic heterocycles. The lowest BCUT2D eigenvalue weighted by Crippen LogP contribution is -2.63. The molecule has 6 heteroatoms. The van der Waals surface area contributed by atoms with Crippen LogP contribution >= 0.6 is 0 Å². The number of nitrogens with one attached hydrogen (secondary N) is 1. The highest BCUT2D eigenvalue weighted by molar-refractivity contribution is 6.16. The maximum Gasteiger partial charge on any atom is 0.331 e. The first-order chi connectivity index (χ1) is 9.91. The molecule has 21 heavy (non-hydrogen) atoms. The van der Waals surface area contributed by atoms with Crippen molar-refractivity contribution in [3.8, 4) is 0 Å². The van der Waals surface area contributed by atoms with Gasteiger partial charge in [0.25, 0.3) is 0 Å². The largest absolute Gasteiger partial charge is 0.331 e. The fourth-order valence-corrected chi connectivity index (χ4v) is 3.21. The number of amides is 4. The predicted molar refractivity (Wildman–Crippen MR) is 78.5 cm³/mol. The predicted octanol–water partition coefficient (Wildman–Crippen LogP) is 1.21. The van der Waals surface area contributed by atoms with Gasteiger partial charge in [-0.25, -0.2) is 4.79 Å². The Hall–Kier alpha value is -1.43. The van der Waals surface area contributed by atoms with E-state index in [0.717, 1.165) is 13.1 Å². The van der Waals surface area contributed by atoms with Crippen molar-refractivity contribution in [2.45, 2.75) is 46.1 Å². The van der Waals surface area contributed by atoms with E-state index in [1.165, 1.54) is 24.2 Å². The minimum absolute atomic E-state index is 0.115. The smallest absolute Gasteiger partial charge is 0.301 e. The third-order valence-corrected chi connectivity index (χ3v) is 4.31. The molecule has 0 aromatic carbocycles. The zero-order chi connectivity index (χ0) is 15.6. The standard InChI is InChI=1S/C15H25N3O3/c1-10(2)12-13(19)16-15(21)18(14(12)20)11(3)9-17-7-5-4-6-8-17/h10-12H,4-9H2,1-3H3,(H,16,19,21). The summed E-state index contributed by atoms with van der Waals surface area (Å²) in [5, 5.41) is 2.32. The van der Waals surface area contributed by atoms with Crippen LogP contribution in [0.1, 0.15) is 40.0 Å². The Morgan fingerprint density at radius 2 is 1.71 bits per heavy atom. The Morgan fingerprint density at radius 1 is 1.10 bits per heavy atom. The molecule has 0 aromatic rings. The normalized spacial score (nSPS) is 26.2. The first kappa shape index (κ1) is 15.9. The fourth-order valence-electron chi connectivity index (χ4n) is 3.21. The highest BCUT2D eigenvalue weighted by Crippen LogP contribution is 2.21. The molecular weight excluding hydrogens is 270 g/mol. The molecule has 1 N–H and O–H groups in total. The van der Waals surface area contributed by atoms with E-state index < -0.39 is 17.9 Å². The highest BCUT2D eigenvalue weighted by atomic mass is 16.2. The van der Waals surface area contributed by atoms with Crippen molar-refractivity contribution in [3.63, 3.8) is 0 Å². The number of carbonyl (C=O) groups excluding carboxylic acids is 3. The van der Waals surface area contributed by atoms with Crippen LogP contribution in [0.5, 0.6) is 0 Å². The molecule has 2 unspecified atom stereocenters. The first-order valence-corrected chi connectivity index (χ1v) is 7.82. The maximum absolute atomic E-state index is 12.5. The second-order valence-corrected chi connectivity index (χ2v) is 6.43. The van der Waals surface area contributed by atoms with E-state index in [4.69, 9.17) is 0 Å². The molecule has 0 saturated carbocycles. The Kier molecular flexibility index (Phi) is 4.98. The minimum atomic E-state index is -0.758. The van der Waals surface area contributed by atoms with Crippen molar-refractivity contribution in [1.82, 2.24) is 15.1 Å². The van der Waals surface area contributed by atoms with Gasteiger partial charge in [0.1, 0.15) is 5.92 Å². The molecule has 2 rings (SSSR count). The van der Waals surface area contributed by atoms with Crippen molar-refractivity contribution in [2.75, 3.05) is 19.6 Å². The van der Waals surface area contributed by atoms with Gasteiger partial charge in [0.15, 0.2) is 0 Å². The minimum Gasteiger partial charge on any atom is -0.301 e. The molecule has 2 aliphatic rings. The molecule has 118 valence electrons. The van der Waals surface area contributed by atoms with Gasteiger partial charge >= 0.3 is 6.03 Å². The van der Waals surface area contributed by atoms with Gasteiger partial charge in [-0.2, -0.15) is 0 Å². The maximum atomic E-state index is 12.5. The molecular formula is C15H25N3O3. The quantitative estimate of drug-likeness (QED) is 0.792. The van der Waals surface area contributed by atoms with E-state index in [9.17, 15) is 14.4 Å². The number of imide groups is 2. The van der Waals surface area contributed by atoms with Crippen molar-refractivity contribution >= 4 is 17.8 Å². The van der Waals surface area contributed by atoms with Gasteiger partial charge in [-0.1, -0.05) is 20.3 Å². The summed E-state index contributed by atoms with van der Waals surface area (Å²) in [7, 11) is 0. The lowest BCUT2D eigenvalue weighted by atomic mass is 9.91. The number of likely N-dealkylation sites (tertiary alicyclic amines) is 1. The van der Waals surface area contributed by atoms with Crippen LogP contribution in [0, 0.1) is 11.8 Å². The molecule has 2 heterocycles. The van der Waals surface area contributed by atoms with Gasteiger partial charge in [-0.3, -0.25) is 19.8 Å². The zero-order valence-electron chi connectivity index (χ0n) is 13.1. The van der Waals surface area contributed by atoms with Crippen LogP contribution in [-0.2, 0) is 9.59 Å². The SMILES string of the molecule is CC(C)C1C(=O)NC(=O)N(C(C)CN2CCCCC2)C1=O. The third-order valence-electron chi connectivity index (χ3n) is 4.31. The molecule has 6 nitrogen and oxygen atoms in total. The van der Waals surface area contributed by atoms with Gasteiger partial charge < -0.3 is 4.90 Å². The summed E-state index contributed by atoms with van der Waals surface area (Å²) in [6.07, 6.45) is 3.58. The summed E-state index contributed by atoms with van der Waals surface area (Å²) >= 11 is 0. The zero-order valence-corrected chi connectivity index (χ0v) is 13.1. The van der Waals surface area contributed by atoms with Gasteiger partial charge in [0.2, 0.25) is 11.8 Å². The summed E-state index contributed by atoms with van der Waals surface area (Å²) in [4.78, 5) is 39.9. The third kappa shape index (κ3) is 3.43. The van der Waals surface area contributed by atoms with Gasteiger partial charge in [-0.15, -0.1) is 0 Å². The van der Waals surface area contributed by atoms with E-state index >= 15 is 0 Å². The van der Waals surface area contributed by atoms with Crippen molar-refractivity contribution < 1.29 is 14.4 Å². The second kappa shape index (κ2) is 6.56. The monoisotopic (exact) mass is 295 g/mol. The van der Waals surface area contributed by atoms with Gasteiger partial charge in [0, 0.05) is 6.54 Å². The Labute approximate surface area is 125 Å². The van der Waals surface area contributed by atoms with E-state index in [-0.39, 0.29) is 17.9 Å². The van der Waals surface area contributed by atoms with E-state index in [2.05, 4.69) is 10.2 Å². The number of carbonyl (C=O) groups is 3. The summed E-state index contributed by atoms with van der Waals surface area (Å²) in [6, 6.07) is -0.795. The first-order valence-electron chi connectivity index (χ1n) is 7.82. The Balaban J connectivity index is 2.06. The lowest BCUT2D eigenvalue weighted by molar-refractivity contribution is -0.146. The van der Waals surface area contributed by atoms with E-state index in [1.807, 2.05) is 20.8 Å². The highest BCUT2D eigenvalue weighted by Gasteiger charge is 2.44. The van der Waals surface area contributed by atoms with Crippen LogP contribution in [0.2, 0.25) is 0 Å². The molecule has 0 spiro atoms. The van der Waals surface area contributed by atoms with Crippen LogP contribution < -0.4 is 5.32 Å². The van der Waals surface area contributed by atoms with Gasteiger partial charge in [0.05, 0.1) is 6.04 Å². The number of hydrogen-bond acceptors (Lipinski definition) is 4. The number of piperidine rings is 1. The fraction of sp³-hybridized carbons (Fsp3) is 0.800. The molecule has 0 aliphatic carbocycles. The lowest BCUT2D eigenvalue weighted by Gasteiger charge is -2.38. The molecule has 2 fully saturated rings. The second-order valence-electron chi connectivity index (χ2n) is 6.43. The molecule has 2 atom stereocenters. The van der Waals surface area contributed by atoms with Crippen LogP contribution in [0.15, 0.2) is 0 Å². The molecule has 2 saturated heterocycles. The average molecular weight is 295 g/mol. The summed E-state index contributed by atoms with van der Waals surface area (Å²) in [5.74, 6) is -1.70. The van der Waals surface area contributed by atoms with Crippen LogP contribution in [-0.4, -0.2) is 53.3 Å². The van der Waals surface area contributed by atoms with Crippen molar-refractivity contribution in [3.05, 3.63) is 0 Å². The van der Waals surface area contributed by atoms with Crippen LogP contribution in [0.25, 0.3) is 0 Å². The summed E-state index contributed by atoms with van der Waals surface area (Å²) in [6.45, 7) is 8.23. The number of nitrogens with zero attached hydrogens (tertiary/aromatic N) is 2. The van der Waals surface area contributed by atoms with Crippen LogP contribution in [0.3, 0.4) is 0 Å². The summed E-state index contributed by atoms with van der Waals surface area (Å²) in [5.41, 5.74) is 0. The molecule has 0 radical (unpaired) electrons. The molecule has 2 aliphatic heterocycles. The van der Waals surface area contributed by atoms with Crippen molar-refractivity contribution in [1.29, 1.82) is 0 Å². The molecule has 0 bridgehead atoms. The topological polar surface area (TPSA) is 69.7 Å².